The number of benzene rings is 1. The number of allylic oxidation sites excluding steroid dienone is 10. The Balaban J connectivity index is 1.30. The van der Waals surface area contributed by atoms with Gasteiger partial charge in [-0.2, -0.15) is 4.98 Å². The summed E-state index contributed by atoms with van der Waals surface area (Å²) in [6.07, 6.45) is 30.1. The van der Waals surface area contributed by atoms with Gasteiger partial charge in [0.05, 0.1) is 12.8 Å². The van der Waals surface area contributed by atoms with E-state index in [4.69, 9.17) is 19.5 Å². The van der Waals surface area contributed by atoms with Crippen molar-refractivity contribution in [2.75, 3.05) is 30.8 Å². The molecule has 1 saturated heterocycles. The first-order valence-corrected chi connectivity index (χ1v) is 19.8. The van der Waals surface area contributed by atoms with E-state index in [-0.39, 0.29) is 24.5 Å². The highest BCUT2D eigenvalue weighted by Gasteiger charge is 2.33. The van der Waals surface area contributed by atoms with Gasteiger partial charge < -0.3 is 20.3 Å². The molecule has 2 aromatic rings. The van der Waals surface area contributed by atoms with Crippen LogP contribution in [0.15, 0.2) is 108 Å². The number of hydrogen-bond acceptors (Lipinski definition) is 9. The fraction of sp³-hybridized carbons (Fsp3) is 0.432. The van der Waals surface area contributed by atoms with Gasteiger partial charge in [-0.3, -0.25) is 13.9 Å². The highest BCUT2D eigenvalue weighted by atomic mass is 32.2. The molecule has 266 valence electrons. The Labute approximate surface area is 295 Å². The summed E-state index contributed by atoms with van der Waals surface area (Å²) in [7, 11) is -3.58. The molecule has 1 aliphatic rings. The third-order valence-corrected chi connectivity index (χ3v) is 10.1. The molecule has 3 atom stereocenters. The molecule has 12 heteroatoms. The standard InChI is InChI=1S/C37H51N4O6PS/c1-2-3-4-5-6-7-8-9-10-11-12-13-14-15-16-17-21-25-34(42)39-27-22-29-48(44,47-32-23-19-18-20-24-32)45-30-36-46-35(31-49-36)41-28-26-33(38)40-37(41)43/h3-4,6-7,9-10,12-13,15-16,18-20,23-24,26,28,35-36H,2,5,8,11,14,17,21-22,25,27,29-31H2,1H3,(H,39,42)(H2,38,40,43)/b4-3-,7-6-,10-9-,13-12-,16-15-/t35?,36-,48?/m1/s1. The Kier molecular flexibility index (Phi) is 19.2. The smallest absolute Gasteiger partial charge is 0.379 e. The molecule has 1 aliphatic heterocycles. The van der Waals surface area contributed by atoms with Crippen molar-refractivity contribution < 1.29 is 23.1 Å². The Bertz CT molecular complexity index is 1510. The molecular formula is C37H51N4O6PS. The maximum atomic E-state index is 13.8. The van der Waals surface area contributed by atoms with Gasteiger partial charge in [-0.05, 0) is 69.6 Å². The van der Waals surface area contributed by atoms with Crippen LogP contribution in [-0.4, -0.2) is 46.0 Å². The van der Waals surface area contributed by atoms with Crippen molar-refractivity contribution in [3.63, 3.8) is 0 Å². The van der Waals surface area contributed by atoms with E-state index in [2.05, 4.69) is 78.0 Å². The number of nitrogens with two attached hydrogens (primary N) is 1. The first-order chi connectivity index (χ1) is 23.9. The zero-order chi connectivity index (χ0) is 35.0. The van der Waals surface area contributed by atoms with Crippen LogP contribution in [0, 0.1) is 0 Å². The zero-order valence-electron chi connectivity index (χ0n) is 28.4. The third kappa shape index (κ3) is 17.0. The quantitative estimate of drug-likeness (QED) is 0.0666. The van der Waals surface area contributed by atoms with Crippen LogP contribution < -0.4 is 21.3 Å². The van der Waals surface area contributed by atoms with Crippen LogP contribution in [0.2, 0.25) is 0 Å². The second-order valence-corrected chi connectivity index (χ2v) is 14.5. The maximum Gasteiger partial charge on any atom is 0.379 e. The summed E-state index contributed by atoms with van der Waals surface area (Å²) in [5.74, 6) is 1.03. The average Bonchev–Trinajstić information content (AvgIpc) is 3.56. The summed E-state index contributed by atoms with van der Waals surface area (Å²) in [4.78, 5) is 28.3. The van der Waals surface area contributed by atoms with Crippen molar-refractivity contribution >= 4 is 31.1 Å². The number of anilines is 1. The van der Waals surface area contributed by atoms with Crippen molar-refractivity contribution in [3.05, 3.63) is 114 Å². The number of rotatable bonds is 23. The molecule has 1 fully saturated rings. The largest absolute Gasteiger partial charge is 0.424 e. The molecule has 0 aliphatic carbocycles. The van der Waals surface area contributed by atoms with Gasteiger partial charge in [0.25, 0.3) is 0 Å². The van der Waals surface area contributed by atoms with Crippen molar-refractivity contribution in [3.8, 4) is 5.75 Å². The fourth-order valence-corrected chi connectivity index (χ4v) is 7.33. The lowest BCUT2D eigenvalue weighted by molar-refractivity contribution is -0.121. The van der Waals surface area contributed by atoms with Crippen molar-refractivity contribution in [2.24, 2.45) is 0 Å². The topological polar surface area (TPSA) is 135 Å². The van der Waals surface area contributed by atoms with E-state index in [1.165, 1.54) is 22.4 Å². The van der Waals surface area contributed by atoms with Crippen LogP contribution in [0.5, 0.6) is 5.75 Å². The van der Waals surface area contributed by atoms with Gasteiger partial charge in [0.1, 0.15) is 23.2 Å². The second kappa shape index (κ2) is 23.7. The molecule has 2 heterocycles. The minimum Gasteiger partial charge on any atom is -0.424 e. The van der Waals surface area contributed by atoms with Crippen molar-refractivity contribution in [1.29, 1.82) is 0 Å². The van der Waals surface area contributed by atoms with Crippen LogP contribution in [0.4, 0.5) is 5.82 Å². The van der Waals surface area contributed by atoms with Crippen molar-refractivity contribution in [2.45, 2.75) is 76.4 Å². The van der Waals surface area contributed by atoms with Crippen LogP contribution in [0.3, 0.4) is 0 Å². The lowest BCUT2D eigenvalue weighted by atomic mass is 10.2. The van der Waals surface area contributed by atoms with Crippen LogP contribution in [-0.2, 0) is 18.6 Å². The maximum absolute atomic E-state index is 13.8. The fourth-order valence-electron chi connectivity index (χ4n) is 4.61. The predicted molar refractivity (Wildman–Crippen MR) is 201 cm³/mol. The Morgan fingerprint density at radius 1 is 1.00 bits per heavy atom. The number of nitrogens with zero attached hydrogens (tertiary/aromatic N) is 2. The normalized spacial score (nSPS) is 18.0. The van der Waals surface area contributed by atoms with E-state index in [0.717, 1.165) is 44.9 Å². The molecule has 0 spiro atoms. The lowest BCUT2D eigenvalue weighted by Crippen LogP contribution is -2.28. The van der Waals surface area contributed by atoms with E-state index in [1.807, 2.05) is 6.07 Å². The second-order valence-electron chi connectivity index (χ2n) is 11.2. The molecule has 1 aromatic carbocycles. The molecule has 1 aromatic heterocycles. The van der Waals surface area contributed by atoms with E-state index >= 15 is 0 Å². The first-order valence-electron chi connectivity index (χ1n) is 17.0. The molecule has 10 nitrogen and oxygen atoms in total. The van der Waals surface area contributed by atoms with Crippen molar-refractivity contribution in [1.82, 2.24) is 14.9 Å². The van der Waals surface area contributed by atoms with E-state index < -0.39 is 24.9 Å². The number of unbranched alkanes of at least 4 members (excludes halogenated alkanes) is 1. The number of carbonyl (C=O) groups excluding carboxylic acids is 1. The summed E-state index contributed by atoms with van der Waals surface area (Å²) in [6.45, 7) is 2.50. The number of carbonyl (C=O) groups is 1. The number of aromatic nitrogens is 2. The van der Waals surface area contributed by atoms with Gasteiger partial charge in [0.15, 0.2) is 0 Å². The van der Waals surface area contributed by atoms with Gasteiger partial charge >= 0.3 is 13.3 Å². The van der Waals surface area contributed by atoms with E-state index in [0.29, 0.717) is 30.9 Å². The first kappa shape index (κ1) is 39.8. The van der Waals surface area contributed by atoms with Gasteiger partial charge in [0.2, 0.25) is 5.91 Å². The number of ether oxygens (including phenoxy) is 1. The summed E-state index contributed by atoms with van der Waals surface area (Å²) in [5.41, 5.74) is 4.63. The molecule has 0 bridgehead atoms. The van der Waals surface area contributed by atoms with Crippen LogP contribution in [0.1, 0.15) is 70.9 Å². The minimum absolute atomic E-state index is 0.00455. The zero-order valence-corrected chi connectivity index (χ0v) is 30.1. The number of nitrogens with one attached hydrogen (secondary N) is 1. The Hall–Kier alpha value is -3.63. The summed E-state index contributed by atoms with van der Waals surface area (Å²) in [6, 6.07) is 10.4. The molecular weight excluding hydrogens is 659 g/mol. The molecule has 3 N–H and O–H groups in total. The van der Waals surface area contributed by atoms with Gasteiger partial charge in [-0.25, -0.2) is 9.36 Å². The number of hydrogen-bond donors (Lipinski definition) is 2. The predicted octanol–water partition coefficient (Wildman–Crippen LogP) is 8.13. The Morgan fingerprint density at radius 3 is 2.31 bits per heavy atom. The van der Waals surface area contributed by atoms with E-state index in [1.54, 1.807) is 30.5 Å². The van der Waals surface area contributed by atoms with Crippen LogP contribution >= 0.6 is 19.4 Å². The number of thioether (sulfide) groups is 1. The number of amides is 1. The average molecular weight is 711 g/mol. The van der Waals surface area contributed by atoms with Gasteiger partial charge in [-0.1, -0.05) is 85.9 Å². The molecule has 0 saturated carbocycles. The minimum atomic E-state index is -3.58. The highest BCUT2D eigenvalue weighted by Crippen LogP contribution is 2.49. The molecule has 49 heavy (non-hydrogen) atoms. The van der Waals surface area contributed by atoms with Gasteiger partial charge in [0, 0.05) is 24.9 Å². The number of para-hydroxylation sites is 1. The Morgan fingerprint density at radius 2 is 1.65 bits per heavy atom. The summed E-state index contributed by atoms with van der Waals surface area (Å²) in [5, 5.41) is 2.91. The molecule has 0 radical (unpaired) electrons. The van der Waals surface area contributed by atoms with Crippen LogP contribution in [0.25, 0.3) is 0 Å². The molecule has 3 rings (SSSR count). The monoisotopic (exact) mass is 710 g/mol. The SMILES string of the molecule is CC/C=C\C/C=C\C/C=C\C/C=C\C/C=C\CCCC(=O)NCCCP(=O)(OC[C@@H]1OC(n2ccc(N)nc2=O)CS1)Oc1ccccc1. The summed E-state index contributed by atoms with van der Waals surface area (Å²) >= 11 is 1.45. The molecule has 1 amide bonds. The molecule has 2 unspecified atom stereocenters. The van der Waals surface area contributed by atoms with E-state index in [9.17, 15) is 14.2 Å². The van der Waals surface area contributed by atoms with Gasteiger partial charge in [-0.15, -0.1) is 11.8 Å². The number of nitrogen functional groups attached to an aromatic ring is 1. The highest BCUT2D eigenvalue weighted by molar-refractivity contribution is 8.00. The lowest BCUT2D eigenvalue weighted by Gasteiger charge is -2.21. The third-order valence-electron chi connectivity index (χ3n) is 7.15. The summed E-state index contributed by atoms with van der Waals surface area (Å²) < 4.78 is 32.8.